The summed E-state index contributed by atoms with van der Waals surface area (Å²) in [7, 11) is 2.40. The molecule has 0 aliphatic carbocycles. The number of ketones is 1. The second-order valence-corrected chi connectivity index (χ2v) is 4.57. The number of Topliss-reactive ketones (excluding diaryl/α,β-unsaturated/α-hetero) is 1. The molecule has 3 nitrogen and oxygen atoms in total. The summed E-state index contributed by atoms with van der Waals surface area (Å²) in [5, 5.41) is 4.06. The molecule has 1 aromatic heterocycles. The van der Waals surface area contributed by atoms with E-state index in [0.717, 1.165) is 0 Å². The van der Waals surface area contributed by atoms with Gasteiger partial charge in [0.2, 0.25) is 0 Å². The SMILES string of the molecule is CC.C\C=C/C=C(\C=C/C)C(=O)c1cn(P)nc1Br. The summed E-state index contributed by atoms with van der Waals surface area (Å²) < 4.78 is 2.08. The second kappa shape index (κ2) is 9.88. The zero-order valence-corrected chi connectivity index (χ0v) is 14.5. The van der Waals surface area contributed by atoms with Gasteiger partial charge in [-0.3, -0.25) is 9.25 Å². The molecular weight excluding hydrogens is 323 g/mol. The number of carbonyl (C=O) groups excluding carboxylic acids is 1. The number of halogens is 1. The topological polar surface area (TPSA) is 34.9 Å². The van der Waals surface area contributed by atoms with Crippen molar-refractivity contribution in [2.45, 2.75) is 27.7 Å². The third kappa shape index (κ3) is 5.66. The van der Waals surface area contributed by atoms with Gasteiger partial charge in [-0.1, -0.05) is 44.2 Å². The predicted octanol–water partition coefficient (Wildman–Crippen LogP) is 4.57. The van der Waals surface area contributed by atoms with Crippen molar-refractivity contribution in [2.24, 2.45) is 0 Å². The Labute approximate surface area is 125 Å². The molecule has 1 rings (SSSR count). The quantitative estimate of drug-likeness (QED) is 0.347. The number of aromatic nitrogens is 2. The van der Waals surface area contributed by atoms with Gasteiger partial charge in [-0.05, 0) is 39.2 Å². The molecule has 0 aliphatic heterocycles. The molecule has 0 spiro atoms. The van der Waals surface area contributed by atoms with Crippen LogP contribution in [-0.4, -0.2) is 15.3 Å². The Morgan fingerprint density at radius 1 is 1.37 bits per heavy atom. The summed E-state index contributed by atoms with van der Waals surface area (Å²) in [6.07, 6.45) is 10.8. The third-order valence-corrected chi connectivity index (χ3v) is 2.86. The molecule has 0 radical (unpaired) electrons. The van der Waals surface area contributed by atoms with E-state index >= 15 is 0 Å². The standard InChI is InChI=1S/C12H14BrN2OP.C2H6/c1-3-5-7-9(6-4-2)11(16)10-8-15(17)14-12(10)13;1-2/h3-8H,17H2,1-2H3;1-2H3/b5-3-,6-4-,9-7+;. The fourth-order valence-corrected chi connectivity index (χ4v) is 2.16. The molecule has 1 unspecified atom stereocenters. The van der Waals surface area contributed by atoms with E-state index < -0.39 is 0 Å². The van der Waals surface area contributed by atoms with Gasteiger partial charge in [0.25, 0.3) is 0 Å². The first-order chi connectivity index (χ1) is 9.10. The molecule has 0 aliphatic rings. The maximum absolute atomic E-state index is 12.2. The van der Waals surface area contributed by atoms with Gasteiger partial charge < -0.3 is 0 Å². The van der Waals surface area contributed by atoms with Crippen LogP contribution in [0.3, 0.4) is 0 Å². The molecule has 0 N–H and O–H groups in total. The first-order valence-corrected chi connectivity index (χ1v) is 7.41. The van der Waals surface area contributed by atoms with Gasteiger partial charge in [0.05, 0.1) is 5.56 Å². The van der Waals surface area contributed by atoms with Crippen LogP contribution in [0.15, 0.2) is 46.8 Å². The lowest BCUT2D eigenvalue weighted by molar-refractivity contribution is 0.103. The third-order valence-electron chi connectivity index (χ3n) is 2.01. The summed E-state index contributed by atoms with van der Waals surface area (Å²) in [6.45, 7) is 7.79. The van der Waals surface area contributed by atoms with Gasteiger partial charge in [-0.15, -0.1) is 0 Å². The van der Waals surface area contributed by atoms with E-state index in [1.54, 1.807) is 18.3 Å². The minimum absolute atomic E-state index is 0.0539. The van der Waals surface area contributed by atoms with Crippen molar-refractivity contribution in [3.05, 3.63) is 52.3 Å². The number of rotatable bonds is 4. The van der Waals surface area contributed by atoms with Crippen molar-refractivity contribution in [1.29, 1.82) is 0 Å². The van der Waals surface area contributed by atoms with Crippen molar-refractivity contribution >= 4 is 31.1 Å². The van der Waals surface area contributed by atoms with Gasteiger partial charge in [-0.25, -0.2) is 0 Å². The summed E-state index contributed by atoms with van der Waals surface area (Å²) in [4.78, 5) is 12.2. The van der Waals surface area contributed by atoms with Gasteiger partial charge in [0, 0.05) is 11.8 Å². The van der Waals surface area contributed by atoms with Crippen LogP contribution in [0.1, 0.15) is 38.1 Å². The van der Waals surface area contributed by atoms with E-state index in [1.807, 2.05) is 45.9 Å². The molecule has 1 aromatic rings. The summed E-state index contributed by atoms with van der Waals surface area (Å²) >= 11 is 3.27. The van der Waals surface area contributed by atoms with Crippen molar-refractivity contribution < 1.29 is 4.79 Å². The number of carbonyl (C=O) groups is 1. The lowest BCUT2D eigenvalue weighted by Crippen LogP contribution is -2.01. The highest BCUT2D eigenvalue weighted by atomic mass is 79.9. The second-order valence-electron chi connectivity index (χ2n) is 3.29. The molecule has 19 heavy (non-hydrogen) atoms. The minimum atomic E-state index is -0.0539. The molecule has 0 aromatic carbocycles. The lowest BCUT2D eigenvalue weighted by atomic mass is 10.1. The van der Waals surface area contributed by atoms with E-state index in [-0.39, 0.29) is 5.78 Å². The largest absolute Gasteiger partial charge is 0.288 e. The Kier molecular flexibility index (Phi) is 9.36. The molecular formula is C14H20BrN2OP. The average Bonchev–Trinajstić information content (AvgIpc) is 2.75. The van der Waals surface area contributed by atoms with E-state index in [2.05, 4.69) is 30.4 Å². The van der Waals surface area contributed by atoms with Crippen LogP contribution >= 0.6 is 25.3 Å². The van der Waals surface area contributed by atoms with Crippen molar-refractivity contribution in [2.75, 3.05) is 0 Å². The van der Waals surface area contributed by atoms with E-state index in [9.17, 15) is 4.79 Å². The number of allylic oxidation sites excluding steroid dienone is 6. The normalized spacial score (nSPS) is 11.8. The summed E-state index contributed by atoms with van der Waals surface area (Å²) in [5.74, 6) is -0.0539. The zero-order valence-electron chi connectivity index (χ0n) is 11.7. The molecule has 0 saturated heterocycles. The highest BCUT2D eigenvalue weighted by Gasteiger charge is 2.15. The summed E-state index contributed by atoms with van der Waals surface area (Å²) in [6, 6.07) is 0. The fraction of sp³-hybridized carbons (Fsp3) is 0.286. The molecule has 0 saturated carbocycles. The number of hydrogen-bond acceptors (Lipinski definition) is 2. The van der Waals surface area contributed by atoms with Gasteiger partial charge in [0.1, 0.15) is 4.60 Å². The van der Waals surface area contributed by atoms with E-state index in [1.165, 1.54) is 4.45 Å². The van der Waals surface area contributed by atoms with Gasteiger partial charge >= 0.3 is 0 Å². The van der Waals surface area contributed by atoms with Crippen molar-refractivity contribution in [1.82, 2.24) is 9.55 Å². The number of nitrogens with zero attached hydrogens (tertiary/aromatic N) is 2. The van der Waals surface area contributed by atoms with E-state index in [4.69, 9.17) is 0 Å². The highest BCUT2D eigenvalue weighted by molar-refractivity contribution is 9.10. The van der Waals surface area contributed by atoms with Crippen molar-refractivity contribution in [3.63, 3.8) is 0 Å². The Morgan fingerprint density at radius 3 is 2.42 bits per heavy atom. The first-order valence-electron chi connectivity index (χ1n) is 6.10. The first kappa shape index (κ1) is 18.0. The Morgan fingerprint density at radius 2 is 2.00 bits per heavy atom. The molecule has 104 valence electrons. The van der Waals surface area contributed by atoms with Gasteiger partial charge in [-0.2, -0.15) is 5.10 Å². The predicted molar refractivity (Wildman–Crippen MR) is 88.4 cm³/mol. The zero-order chi connectivity index (χ0) is 14.8. The van der Waals surface area contributed by atoms with Crippen LogP contribution in [0.25, 0.3) is 0 Å². The van der Waals surface area contributed by atoms with E-state index in [0.29, 0.717) is 15.7 Å². The molecule has 1 heterocycles. The monoisotopic (exact) mass is 342 g/mol. The molecule has 0 fully saturated rings. The summed E-state index contributed by atoms with van der Waals surface area (Å²) in [5.41, 5.74) is 1.18. The maximum Gasteiger partial charge on any atom is 0.197 e. The molecule has 1 atom stereocenters. The highest BCUT2D eigenvalue weighted by Crippen LogP contribution is 2.20. The van der Waals surface area contributed by atoms with Crippen molar-refractivity contribution in [3.8, 4) is 0 Å². The Balaban J connectivity index is 0.00000154. The van der Waals surface area contributed by atoms with Crippen LogP contribution in [0.2, 0.25) is 0 Å². The lowest BCUT2D eigenvalue weighted by Gasteiger charge is -1.98. The fourth-order valence-electron chi connectivity index (χ4n) is 1.26. The average molecular weight is 343 g/mol. The van der Waals surface area contributed by atoms with Crippen LogP contribution in [-0.2, 0) is 0 Å². The number of hydrogen-bond donors (Lipinski definition) is 0. The maximum atomic E-state index is 12.2. The minimum Gasteiger partial charge on any atom is -0.288 e. The molecule has 0 amide bonds. The Bertz CT molecular complexity index is 502. The van der Waals surface area contributed by atoms with Crippen LogP contribution in [0.5, 0.6) is 0 Å². The van der Waals surface area contributed by atoms with Crippen LogP contribution in [0, 0.1) is 0 Å². The van der Waals surface area contributed by atoms with Gasteiger partial charge in [0.15, 0.2) is 5.78 Å². The van der Waals surface area contributed by atoms with Crippen LogP contribution in [0.4, 0.5) is 0 Å². The smallest absolute Gasteiger partial charge is 0.197 e. The Hall–Kier alpha value is -0.990. The molecule has 5 heteroatoms. The molecule has 0 bridgehead atoms. The van der Waals surface area contributed by atoms with Crippen LogP contribution < -0.4 is 0 Å².